The molecule has 5 nitrogen and oxygen atoms in total. The first-order chi connectivity index (χ1) is 8.88. The maximum absolute atomic E-state index is 12.2. The second-order valence-corrected chi connectivity index (χ2v) is 7.52. The van der Waals surface area contributed by atoms with Crippen LogP contribution in [0.2, 0.25) is 0 Å². The Kier molecular flexibility index (Phi) is 4.24. The Balaban J connectivity index is 2.20. The summed E-state index contributed by atoms with van der Waals surface area (Å²) >= 11 is 4.69. The van der Waals surface area contributed by atoms with Crippen LogP contribution in [0.25, 0.3) is 0 Å². The van der Waals surface area contributed by atoms with Gasteiger partial charge in [-0.1, -0.05) is 0 Å². The fourth-order valence-corrected chi connectivity index (χ4v) is 4.07. The van der Waals surface area contributed by atoms with Gasteiger partial charge in [0, 0.05) is 15.5 Å². The Morgan fingerprint density at radius 2 is 2.21 bits per heavy atom. The van der Waals surface area contributed by atoms with Crippen molar-refractivity contribution in [3.8, 4) is 0 Å². The Morgan fingerprint density at radius 1 is 1.47 bits per heavy atom. The van der Waals surface area contributed by atoms with E-state index >= 15 is 0 Å². The van der Waals surface area contributed by atoms with Gasteiger partial charge < -0.3 is 5.73 Å². The predicted octanol–water partition coefficient (Wildman–Crippen LogP) is 2.27. The summed E-state index contributed by atoms with van der Waals surface area (Å²) in [6.45, 7) is 2.03. The van der Waals surface area contributed by atoms with Gasteiger partial charge in [-0.25, -0.2) is 18.1 Å². The molecular formula is C11H12BrN3O2S2. The highest BCUT2D eigenvalue weighted by atomic mass is 79.9. The van der Waals surface area contributed by atoms with Gasteiger partial charge in [-0.05, 0) is 41.1 Å². The molecule has 1 aromatic carbocycles. The molecule has 0 radical (unpaired) electrons. The monoisotopic (exact) mass is 361 g/mol. The number of hydrogen-bond acceptors (Lipinski definition) is 5. The third-order valence-electron chi connectivity index (χ3n) is 2.35. The first-order valence-corrected chi connectivity index (χ1v) is 8.50. The predicted molar refractivity (Wildman–Crippen MR) is 79.4 cm³/mol. The number of halogens is 1. The molecule has 0 aliphatic heterocycles. The summed E-state index contributed by atoms with van der Waals surface area (Å²) in [5.41, 5.74) is 6.71. The van der Waals surface area contributed by atoms with Crippen molar-refractivity contribution in [3.05, 3.63) is 38.8 Å². The largest absolute Gasteiger partial charge is 0.399 e. The maximum Gasteiger partial charge on any atom is 0.242 e. The van der Waals surface area contributed by atoms with Crippen LogP contribution in [-0.4, -0.2) is 13.4 Å². The fraction of sp³-hybridized carbons (Fsp3) is 0.182. The van der Waals surface area contributed by atoms with Crippen LogP contribution in [0, 0.1) is 6.92 Å². The van der Waals surface area contributed by atoms with E-state index in [0.717, 1.165) is 5.01 Å². The van der Waals surface area contributed by atoms with E-state index < -0.39 is 10.0 Å². The Hall–Kier alpha value is -0.960. The molecule has 0 aliphatic carbocycles. The highest BCUT2D eigenvalue weighted by molar-refractivity contribution is 9.10. The summed E-state index contributed by atoms with van der Waals surface area (Å²) in [4.78, 5) is 4.33. The summed E-state index contributed by atoms with van der Waals surface area (Å²) in [6.07, 6.45) is 0. The molecule has 0 unspecified atom stereocenters. The molecule has 102 valence electrons. The molecule has 2 rings (SSSR count). The standard InChI is InChI=1S/C11H12BrN3O2S2/c1-7-15-9(6-18-7)5-14-19(16,17)11-4-8(13)2-3-10(11)12/h2-4,6,14H,5,13H2,1H3. The lowest BCUT2D eigenvalue weighted by molar-refractivity contribution is 0.580. The summed E-state index contributed by atoms with van der Waals surface area (Å²) < 4.78 is 27.3. The molecule has 1 heterocycles. The maximum atomic E-state index is 12.2. The molecule has 0 fully saturated rings. The third-order valence-corrected chi connectivity index (χ3v) is 5.57. The van der Waals surface area contributed by atoms with Gasteiger partial charge in [0.2, 0.25) is 10.0 Å². The van der Waals surface area contributed by atoms with Crippen molar-refractivity contribution in [1.29, 1.82) is 0 Å². The molecule has 8 heteroatoms. The highest BCUT2D eigenvalue weighted by Crippen LogP contribution is 2.24. The lowest BCUT2D eigenvalue weighted by Crippen LogP contribution is -2.24. The van der Waals surface area contributed by atoms with Crippen LogP contribution in [-0.2, 0) is 16.6 Å². The fourth-order valence-electron chi connectivity index (χ4n) is 1.46. The highest BCUT2D eigenvalue weighted by Gasteiger charge is 2.18. The summed E-state index contributed by atoms with van der Waals surface area (Å²) in [6, 6.07) is 4.66. The number of nitrogen functional groups attached to an aromatic ring is 1. The number of hydrogen-bond donors (Lipinski definition) is 2. The van der Waals surface area contributed by atoms with Crippen LogP contribution in [0.1, 0.15) is 10.7 Å². The Labute approximate surface area is 124 Å². The normalized spacial score (nSPS) is 11.7. The van der Waals surface area contributed by atoms with Crippen LogP contribution in [0.5, 0.6) is 0 Å². The van der Waals surface area contributed by atoms with Gasteiger partial charge in [0.25, 0.3) is 0 Å². The number of rotatable bonds is 4. The minimum absolute atomic E-state index is 0.124. The van der Waals surface area contributed by atoms with Gasteiger partial charge >= 0.3 is 0 Å². The van der Waals surface area contributed by atoms with E-state index in [1.807, 2.05) is 12.3 Å². The van der Waals surface area contributed by atoms with Gasteiger partial charge in [0.15, 0.2) is 0 Å². The molecule has 0 bridgehead atoms. The topological polar surface area (TPSA) is 85.1 Å². The van der Waals surface area contributed by atoms with Crippen LogP contribution in [0.15, 0.2) is 32.9 Å². The summed E-state index contributed by atoms with van der Waals surface area (Å²) in [5.74, 6) is 0. The minimum Gasteiger partial charge on any atom is -0.399 e. The van der Waals surface area contributed by atoms with Gasteiger partial charge in [0.1, 0.15) is 0 Å². The zero-order valence-electron chi connectivity index (χ0n) is 10.1. The van der Waals surface area contributed by atoms with E-state index in [9.17, 15) is 8.42 Å². The van der Waals surface area contributed by atoms with Crippen molar-refractivity contribution in [2.24, 2.45) is 0 Å². The van der Waals surface area contributed by atoms with Gasteiger partial charge in [-0.15, -0.1) is 11.3 Å². The average Bonchev–Trinajstić information content (AvgIpc) is 2.76. The molecular weight excluding hydrogens is 350 g/mol. The van der Waals surface area contributed by atoms with Gasteiger partial charge in [-0.2, -0.15) is 0 Å². The number of thiazole rings is 1. The molecule has 0 amide bonds. The van der Waals surface area contributed by atoms with E-state index in [4.69, 9.17) is 5.73 Å². The van der Waals surface area contributed by atoms with Crippen LogP contribution in [0.4, 0.5) is 5.69 Å². The second kappa shape index (κ2) is 5.58. The Bertz CT molecular complexity index is 698. The van der Waals surface area contributed by atoms with E-state index in [1.165, 1.54) is 17.4 Å². The number of nitrogens with two attached hydrogens (primary N) is 1. The molecule has 0 aliphatic rings. The average molecular weight is 362 g/mol. The van der Waals surface area contributed by atoms with Crippen LogP contribution < -0.4 is 10.5 Å². The summed E-state index contributed by atoms with van der Waals surface area (Å²) in [5, 5.41) is 2.73. The third kappa shape index (κ3) is 3.53. The summed E-state index contributed by atoms with van der Waals surface area (Å²) in [7, 11) is -3.61. The molecule has 2 aromatic rings. The van der Waals surface area contributed by atoms with Gasteiger partial charge in [-0.3, -0.25) is 0 Å². The van der Waals surface area contributed by atoms with Crippen molar-refractivity contribution in [1.82, 2.24) is 9.71 Å². The molecule has 3 N–H and O–H groups in total. The van der Waals surface area contributed by atoms with Crippen LogP contribution in [0.3, 0.4) is 0 Å². The lowest BCUT2D eigenvalue weighted by atomic mass is 10.3. The molecule has 0 saturated heterocycles. The zero-order valence-corrected chi connectivity index (χ0v) is 13.3. The number of nitrogens with one attached hydrogen (secondary N) is 1. The smallest absolute Gasteiger partial charge is 0.242 e. The van der Waals surface area contributed by atoms with Crippen molar-refractivity contribution in [3.63, 3.8) is 0 Å². The first-order valence-electron chi connectivity index (χ1n) is 5.34. The first kappa shape index (κ1) is 14.4. The zero-order chi connectivity index (χ0) is 14.0. The van der Waals surface area contributed by atoms with E-state index in [1.54, 1.807) is 12.1 Å². The number of benzene rings is 1. The molecule has 0 saturated carbocycles. The quantitative estimate of drug-likeness (QED) is 0.818. The van der Waals surface area contributed by atoms with Crippen LogP contribution >= 0.6 is 27.3 Å². The second-order valence-electron chi connectivity index (χ2n) is 3.87. The number of nitrogens with zero attached hydrogens (tertiary/aromatic N) is 1. The van der Waals surface area contributed by atoms with Gasteiger partial charge in [0.05, 0.1) is 22.1 Å². The van der Waals surface area contributed by atoms with E-state index in [-0.39, 0.29) is 11.4 Å². The molecule has 0 spiro atoms. The van der Waals surface area contributed by atoms with E-state index in [2.05, 4.69) is 25.6 Å². The minimum atomic E-state index is -3.61. The number of aromatic nitrogens is 1. The van der Waals surface area contributed by atoms with Crippen molar-refractivity contribution < 1.29 is 8.42 Å². The Morgan fingerprint density at radius 3 is 2.84 bits per heavy atom. The number of anilines is 1. The molecule has 0 atom stereocenters. The molecule has 19 heavy (non-hydrogen) atoms. The lowest BCUT2D eigenvalue weighted by Gasteiger charge is -2.08. The number of aryl methyl sites for hydroxylation is 1. The van der Waals surface area contributed by atoms with Crippen molar-refractivity contribution in [2.75, 3.05) is 5.73 Å². The van der Waals surface area contributed by atoms with E-state index in [0.29, 0.717) is 15.9 Å². The number of sulfonamides is 1. The SMILES string of the molecule is Cc1nc(CNS(=O)(=O)c2cc(N)ccc2Br)cs1. The van der Waals surface area contributed by atoms with Crippen molar-refractivity contribution in [2.45, 2.75) is 18.4 Å². The van der Waals surface area contributed by atoms with Crippen molar-refractivity contribution >= 4 is 43.0 Å². The molecule has 1 aromatic heterocycles.